The number of rotatable bonds is 9. The van der Waals surface area contributed by atoms with Gasteiger partial charge in [-0.25, -0.2) is 22.2 Å². The van der Waals surface area contributed by atoms with Crippen LogP contribution in [-0.4, -0.2) is 55.1 Å². The van der Waals surface area contributed by atoms with Crippen molar-refractivity contribution in [3.63, 3.8) is 0 Å². The minimum Gasteiger partial charge on any atom is -0.480 e. The van der Waals surface area contributed by atoms with Gasteiger partial charge in [-0.2, -0.15) is 0 Å². The Bertz CT molecular complexity index is 1290. The number of methoxy groups -OCH3 is 1. The van der Waals surface area contributed by atoms with Crippen molar-refractivity contribution in [2.75, 3.05) is 24.3 Å². The molecule has 3 aliphatic rings. The van der Waals surface area contributed by atoms with Gasteiger partial charge in [0.05, 0.1) is 13.0 Å². The van der Waals surface area contributed by atoms with E-state index in [9.17, 15) is 17.6 Å². The first-order valence-electron chi connectivity index (χ1n) is 11.9. The van der Waals surface area contributed by atoms with Crippen LogP contribution >= 0.6 is 23.6 Å². The zero-order valence-corrected chi connectivity index (χ0v) is 22.4. The molecule has 2 saturated carbocycles. The summed E-state index contributed by atoms with van der Waals surface area (Å²) in [5.41, 5.74) is 0.681. The molecule has 0 unspecified atom stereocenters. The number of fused-ring (bicyclic) bond motifs is 1. The van der Waals surface area contributed by atoms with E-state index < -0.39 is 28.0 Å². The van der Waals surface area contributed by atoms with Crippen molar-refractivity contribution in [3.8, 4) is 5.88 Å². The Kier molecular flexibility index (Phi) is 6.96. The molecule has 0 aromatic carbocycles. The summed E-state index contributed by atoms with van der Waals surface area (Å²) < 4.78 is 49.7. The molecule has 3 aliphatic carbocycles. The van der Waals surface area contributed by atoms with Crippen LogP contribution in [0.4, 0.5) is 15.2 Å². The van der Waals surface area contributed by atoms with Crippen molar-refractivity contribution in [2.24, 2.45) is 18.9 Å². The van der Waals surface area contributed by atoms with E-state index in [1.54, 1.807) is 17.8 Å². The summed E-state index contributed by atoms with van der Waals surface area (Å²) in [6.45, 7) is 0.374. The lowest BCUT2D eigenvalue weighted by Gasteiger charge is -2.25. The number of aryl methyl sites for hydroxylation is 2. The maximum atomic E-state index is 13.5. The zero-order chi connectivity index (χ0) is 25.6. The highest BCUT2D eigenvalue weighted by molar-refractivity contribution is 7.90. The van der Waals surface area contributed by atoms with Crippen LogP contribution in [0.3, 0.4) is 0 Å². The summed E-state index contributed by atoms with van der Waals surface area (Å²) >= 11 is 6.76. The molecule has 0 saturated heterocycles. The van der Waals surface area contributed by atoms with E-state index >= 15 is 0 Å². The number of nitrogens with one attached hydrogen (secondary N) is 4. The summed E-state index contributed by atoms with van der Waals surface area (Å²) in [6, 6.07) is 1.61. The third-order valence-electron chi connectivity index (χ3n) is 6.67. The number of ether oxygens (including phenoxy) is 1. The molecule has 10 nitrogen and oxygen atoms in total. The predicted octanol–water partition coefficient (Wildman–Crippen LogP) is 2.32. The first-order valence-corrected chi connectivity index (χ1v) is 14.6. The number of thiophene rings is 1. The second kappa shape index (κ2) is 9.88. The molecule has 1 amide bonds. The van der Waals surface area contributed by atoms with E-state index in [0.717, 1.165) is 24.1 Å². The molecule has 36 heavy (non-hydrogen) atoms. The average molecular weight is 557 g/mol. The lowest BCUT2D eigenvalue weighted by Crippen LogP contribution is -2.41. The lowest BCUT2D eigenvalue weighted by molar-refractivity contribution is -0.117. The van der Waals surface area contributed by atoms with E-state index in [1.807, 2.05) is 0 Å². The minimum absolute atomic E-state index is 0.106. The van der Waals surface area contributed by atoms with E-state index in [-0.39, 0.29) is 22.4 Å². The molecule has 2 fully saturated rings. The normalized spacial score (nSPS) is 23.0. The van der Waals surface area contributed by atoms with E-state index in [4.69, 9.17) is 17.0 Å². The Morgan fingerprint density at radius 1 is 1.33 bits per heavy atom. The number of carbonyl (C=O) groups excluding carboxylic acids is 1. The molecule has 4 N–H and O–H groups in total. The molecule has 196 valence electrons. The number of halogens is 1. The Morgan fingerprint density at radius 2 is 2.08 bits per heavy atom. The molecule has 5 rings (SSSR count). The van der Waals surface area contributed by atoms with Crippen LogP contribution in [0.5, 0.6) is 5.88 Å². The number of thiocarbonyl (C=S) groups is 1. The van der Waals surface area contributed by atoms with Crippen LogP contribution in [-0.2, 0) is 34.7 Å². The van der Waals surface area contributed by atoms with Crippen LogP contribution in [0.1, 0.15) is 36.1 Å². The fourth-order valence-corrected chi connectivity index (χ4v) is 7.66. The smallest absolute Gasteiger partial charge is 0.243 e. The van der Waals surface area contributed by atoms with Gasteiger partial charge in [0.1, 0.15) is 21.9 Å². The summed E-state index contributed by atoms with van der Waals surface area (Å²) in [5, 5.41) is 13.9. The number of sulfonamides is 1. The van der Waals surface area contributed by atoms with Gasteiger partial charge >= 0.3 is 0 Å². The quantitative estimate of drug-likeness (QED) is 0.347. The second-order valence-electron chi connectivity index (χ2n) is 9.54. The number of carbonyl (C=O) groups is 1. The first kappa shape index (κ1) is 25.4. The van der Waals surface area contributed by atoms with Crippen LogP contribution in [0.25, 0.3) is 0 Å². The molecule has 3 atom stereocenters. The number of aromatic nitrogens is 2. The van der Waals surface area contributed by atoms with Gasteiger partial charge in [-0.15, -0.1) is 16.4 Å². The molecule has 0 radical (unpaired) electrons. The van der Waals surface area contributed by atoms with Crippen molar-refractivity contribution in [3.05, 3.63) is 16.5 Å². The van der Waals surface area contributed by atoms with Crippen molar-refractivity contribution >= 4 is 55.4 Å². The topological polar surface area (TPSA) is 126 Å². The fourth-order valence-electron chi connectivity index (χ4n) is 4.30. The summed E-state index contributed by atoms with van der Waals surface area (Å²) in [5.74, 6) is 0.292. The number of anilines is 2. The van der Waals surface area contributed by atoms with Crippen LogP contribution < -0.4 is 25.4 Å². The Morgan fingerprint density at radius 3 is 2.72 bits per heavy atom. The molecule has 0 aliphatic heterocycles. The highest BCUT2D eigenvalue weighted by Gasteiger charge is 2.44. The Labute approximate surface area is 218 Å². The van der Waals surface area contributed by atoms with Gasteiger partial charge in [0, 0.05) is 30.6 Å². The van der Waals surface area contributed by atoms with Gasteiger partial charge in [-0.3, -0.25) is 4.79 Å². The number of hydrogen-bond donors (Lipinski definition) is 4. The van der Waals surface area contributed by atoms with Crippen molar-refractivity contribution in [1.82, 2.24) is 19.8 Å². The van der Waals surface area contributed by atoms with Crippen LogP contribution in [0.2, 0.25) is 0 Å². The van der Waals surface area contributed by atoms with E-state index in [1.165, 1.54) is 18.4 Å². The maximum Gasteiger partial charge on any atom is 0.243 e. The molecule has 2 aromatic rings. The van der Waals surface area contributed by atoms with E-state index in [0.29, 0.717) is 47.7 Å². The molecule has 14 heteroatoms. The number of hydrogen-bond acceptors (Lipinski definition) is 7. The van der Waals surface area contributed by atoms with Crippen LogP contribution in [0, 0.1) is 11.8 Å². The lowest BCUT2D eigenvalue weighted by atomic mass is 9.94. The Hall–Kier alpha value is -2.29. The first-order chi connectivity index (χ1) is 17.1. The average Bonchev–Trinajstić information content (AvgIpc) is 3.72. The van der Waals surface area contributed by atoms with Gasteiger partial charge in [-0.1, -0.05) is 0 Å². The van der Waals surface area contributed by atoms with Crippen molar-refractivity contribution in [2.45, 2.75) is 55.6 Å². The summed E-state index contributed by atoms with van der Waals surface area (Å²) in [6.07, 6.45) is 2.83. The van der Waals surface area contributed by atoms with Gasteiger partial charge in [0.2, 0.25) is 21.8 Å². The molecule has 0 bridgehead atoms. The molecule has 2 heterocycles. The largest absolute Gasteiger partial charge is 0.480 e. The molecular weight excluding hydrogens is 527 g/mol. The van der Waals surface area contributed by atoms with Gasteiger partial charge in [-0.05, 0) is 62.2 Å². The van der Waals surface area contributed by atoms with Crippen molar-refractivity contribution in [1.29, 1.82) is 0 Å². The minimum atomic E-state index is -3.86. The molecule has 2 aromatic heterocycles. The third-order valence-corrected chi connectivity index (χ3v) is 9.76. The summed E-state index contributed by atoms with van der Waals surface area (Å²) in [4.78, 5) is 13.5. The standard InChI is InChI=1S/C22H29FN6O4S3/c1-29-17(9-18(28-29)33-2)26-22(34)25-12-5-6-16-14(7-12)19(36(31,32)24-10-11-3-4-11)21(35-16)27-20(30)13-8-15(13)23/h9,11-13,15,24H,3-8,10H2,1-2H3,(H,27,30)(H2,25,26,34)/t12-,13-,15-/m0/s1. The molecule has 0 spiro atoms. The van der Waals surface area contributed by atoms with Crippen molar-refractivity contribution < 1.29 is 22.3 Å². The fraction of sp³-hybridized carbons (Fsp3) is 0.591. The third kappa shape index (κ3) is 5.50. The maximum absolute atomic E-state index is 13.5. The monoisotopic (exact) mass is 556 g/mol. The van der Waals surface area contributed by atoms with Crippen LogP contribution in [0.15, 0.2) is 11.0 Å². The highest BCUT2D eigenvalue weighted by atomic mass is 32.2. The summed E-state index contributed by atoms with van der Waals surface area (Å²) in [7, 11) is -0.567. The SMILES string of the molecule is COc1cc(NC(=S)N[C@H]2CCc3sc(NC(=O)[C@H]4C[C@@H]4F)c(S(=O)(=O)NCC4CC4)c3C2)n(C)n1. The Balaban J connectivity index is 1.34. The van der Waals surface area contributed by atoms with E-state index in [2.05, 4.69) is 25.8 Å². The highest BCUT2D eigenvalue weighted by Crippen LogP contribution is 2.43. The second-order valence-corrected chi connectivity index (χ2v) is 12.8. The number of alkyl halides is 1. The number of nitrogens with zero attached hydrogens (tertiary/aromatic N) is 2. The number of amides is 1. The van der Waals surface area contributed by atoms with Gasteiger partial charge in [0.15, 0.2) is 5.11 Å². The molecular formula is C22H29FN6O4S3. The zero-order valence-electron chi connectivity index (χ0n) is 20.0. The van der Waals surface area contributed by atoms with Gasteiger partial charge < -0.3 is 20.7 Å². The van der Waals surface area contributed by atoms with Gasteiger partial charge in [0.25, 0.3) is 0 Å². The predicted molar refractivity (Wildman–Crippen MR) is 139 cm³/mol.